The molecule has 0 radical (unpaired) electrons. The van der Waals surface area contributed by atoms with Crippen LogP contribution in [0.4, 0.5) is 0 Å². The molecule has 1 heterocycles. The highest BCUT2D eigenvalue weighted by molar-refractivity contribution is 5.91. The molecule has 3 rings (SSSR count). The van der Waals surface area contributed by atoms with Gasteiger partial charge in [0.05, 0.1) is 17.9 Å². The van der Waals surface area contributed by atoms with Crippen molar-refractivity contribution in [3.05, 3.63) is 59.9 Å². The molecule has 128 valence electrons. The van der Waals surface area contributed by atoms with Crippen molar-refractivity contribution in [1.82, 2.24) is 20.2 Å². The van der Waals surface area contributed by atoms with Gasteiger partial charge in [-0.1, -0.05) is 6.92 Å². The molecule has 0 saturated heterocycles. The van der Waals surface area contributed by atoms with Crippen molar-refractivity contribution in [3.63, 3.8) is 0 Å². The van der Waals surface area contributed by atoms with E-state index in [1.54, 1.807) is 47.1 Å². The molecule has 0 unspecified atom stereocenters. The Labute approximate surface area is 145 Å². The molecule has 0 N–H and O–H groups in total. The Morgan fingerprint density at radius 1 is 1.12 bits per heavy atom. The van der Waals surface area contributed by atoms with E-state index in [9.17, 15) is 4.79 Å². The van der Waals surface area contributed by atoms with Gasteiger partial charge in [0.1, 0.15) is 17.8 Å². The molecule has 0 bridgehead atoms. The molecule has 0 saturated carbocycles. The first-order chi connectivity index (χ1) is 12.2. The molecule has 7 nitrogen and oxygen atoms in total. The summed E-state index contributed by atoms with van der Waals surface area (Å²) in [5, 5.41) is 11.1. The lowest BCUT2D eigenvalue weighted by Crippen LogP contribution is -2.09. The fraction of sp³-hybridized carbons (Fsp3) is 0.222. The quantitative estimate of drug-likeness (QED) is 0.508. The molecule has 2 aromatic carbocycles. The number of hydrogen-bond donors (Lipinski definition) is 0. The smallest absolute Gasteiger partial charge is 0.343 e. The number of ether oxygens (including phenoxy) is 2. The summed E-state index contributed by atoms with van der Waals surface area (Å²) in [6.45, 7) is 4.59. The summed E-state index contributed by atoms with van der Waals surface area (Å²) >= 11 is 0. The molecular formula is C18H18N4O3. The van der Waals surface area contributed by atoms with Crippen LogP contribution in [0, 0.1) is 6.92 Å². The van der Waals surface area contributed by atoms with Gasteiger partial charge in [0.2, 0.25) is 0 Å². The Bertz CT molecular complexity index is 845. The Balaban J connectivity index is 1.70. The predicted molar refractivity (Wildman–Crippen MR) is 91.1 cm³/mol. The summed E-state index contributed by atoms with van der Waals surface area (Å²) in [5.41, 5.74) is 2.13. The van der Waals surface area contributed by atoms with E-state index in [4.69, 9.17) is 9.47 Å². The van der Waals surface area contributed by atoms with Gasteiger partial charge < -0.3 is 9.47 Å². The molecule has 7 heteroatoms. The first kappa shape index (κ1) is 16.6. The lowest BCUT2D eigenvalue weighted by molar-refractivity contribution is 0.0734. The lowest BCUT2D eigenvalue weighted by Gasteiger charge is -2.09. The van der Waals surface area contributed by atoms with Crippen LogP contribution in [0.5, 0.6) is 11.5 Å². The molecular weight excluding hydrogens is 320 g/mol. The van der Waals surface area contributed by atoms with Gasteiger partial charge >= 0.3 is 5.97 Å². The fourth-order valence-corrected chi connectivity index (χ4v) is 2.30. The largest absolute Gasteiger partial charge is 0.494 e. The van der Waals surface area contributed by atoms with Crippen LogP contribution in [-0.4, -0.2) is 32.8 Å². The van der Waals surface area contributed by atoms with E-state index in [0.29, 0.717) is 17.9 Å². The average Bonchev–Trinajstić information content (AvgIpc) is 3.15. The van der Waals surface area contributed by atoms with Gasteiger partial charge in [0, 0.05) is 0 Å². The van der Waals surface area contributed by atoms with Crippen LogP contribution in [-0.2, 0) is 0 Å². The van der Waals surface area contributed by atoms with Crippen molar-refractivity contribution >= 4 is 5.97 Å². The van der Waals surface area contributed by atoms with E-state index in [2.05, 4.69) is 15.5 Å². The SMILES string of the molecule is CCCOc1ccc(OC(=O)c2ccc(-n3cnnn3)c(C)c2)cc1. The van der Waals surface area contributed by atoms with Crippen LogP contribution in [0.25, 0.3) is 5.69 Å². The van der Waals surface area contributed by atoms with Gasteiger partial charge in [0.25, 0.3) is 0 Å². The predicted octanol–water partition coefficient (Wildman–Crippen LogP) is 2.98. The van der Waals surface area contributed by atoms with Crippen molar-refractivity contribution in [2.45, 2.75) is 20.3 Å². The number of carbonyl (C=O) groups excluding carboxylic acids is 1. The number of esters is 1. The standard InChI is InChI=1S/C18H18N4O3/c1-3-10-24-15-5-7-16(8-6-15)25-18(23)14-4-9-17(13(2)11-14)22-12-19-20-21-22/h4-9,11-12H,3,10H2,1-2H3. The second kappa shape index (κ2) is 7.57. The van der Waals surface area contributed by atoms with Gasteiger partial charge in [0.15, 0.2) is 0 Å². The number of aryl methyl sites for hydroxylation is 1. The average molecular weight is 338 g/mol. The fourth-order valence-electron chi connectivity index (χ4n) is 2.30. The van der Waals surface area contributed by atoms with Gasteiger partial charge in [-0.05, 0) is 71.8 Å². The first-order valence-electron chi connectivity index (χ1n) is 7.96. The molecule has 1 aromatic heterocycles. The summed E-state index contributed by atoms with van der Waals surface area (Å²) in [6.07, 6.45) is 2.44. The molecule has 25 heavy (non-hydrogen) atoms. The van der Waals surface area contributed by atoms with Crippen molar-refractivity contribution in [2.24, 2.45) is 0 Å². The second-order valence-corrected chi connectivity index (χ2v) is 5.47. The van der Waals surface area contributed by atoms with Crippen LogP contribution < -0.4 is 9.47 Å². The summed E-state index contributed by atoms with van der Waals surface area (Å²) in [4.78, 5) is 12.3. The maximum atomic E-state index is 12.3. The number of nitrogens with zero attached hydrogens (tertiary/aromatic N) is 4. The number of carbonyl (C=O) groups is 1. The van der Waals surface area contributed by atoms with Crippen molar-refractivity contribution in [3.8, 4) is 17.2 Å². The summed E-state index contributed by atoms with van der Waals surface area (Å²) in [7, 11) is 0. The third-order valence-corrected chi connectivity index (χ3v) is 3.54. The van der Waals surface area contributed by atoms with Crippen molar-refractivity contribution in [2.75, 3.05) is 6.61 Å². The molecule has 0 amide bonds. The zero-order chi connectivity index (χ0) is 17.6. The molecule has 0 fully saturated rings. The zero-order valence-corrected chi connectivity index (χ0v) is 14.0. The monoisotopic (exact) mass is 338 g/mol. The number of hydrogen-bond acceptors (Lipinski definition) is 6. The summed E-state index contributed by atoms with van der Waals surface area (Å²) in [5.74, 6) is 0.799. The molecule has 0 aliphatic heterocycles. The Hall–Kier alpha value is -3.22. The van der Waals surface area contributed by atoms with E-state index >= 15 is 0 Å². The van der Waals surface area contributed by atoms with E-state index in [1.165, 1.54) is 6.33 Å². The maximum absolute atomic E-state index is 12.3. The first-order valence-corrected chi connectivity index (χ1v) is 7.96. The van der Waals surface area contributed by atoms with E-state index in [1.807, 2.05) is 13.8 Å². The molecule has 0 atom stereocenters. The van der Waals surface area contributed by atoms with Crippen molar-refractivity contribution < 1.29 is 14.3 Å². The minimum Gasteiger partial charge on any atom is -0.494 e. The van der Waals surface area contributed by atoms with E-state index < -0.39 is 5.97 Å². The van der Waals surface area contributed by atoms with E-state index in [-0.39, 0.29) is 0 Å². The highest BCUT2D eigenvalue weighted by atomic mass is 16.5. The number of tetrazole rings is 1. The van der Waals surface area contributed by atoms with Crippen LogP contribution in [0.2, 0.25) is 0 Å². The van der Waals surface area contributed by atoms with Crippen molar-refractivity contribution in [1.29, 1.82) is 0 Å². The molecule has 0 spiro atoms. The number of rotatable bonds is 6. The van der Waals surface area contributed by atoms with E-state index in [0.717, 1.165) is 23.4 Å². The summed E-state index contributed by atoms with van der Waals surface area (Å²) < 4.78 is 12.5. The normalized spacial score (nSPS) is 10.5. The summed E-state index contributed by atoms with van der Waals surface area (Å²) in [6, 6.07) is 12.2. The van der Waals surface area contributed by atoms with Gasteiger partial charge in [-0.15, -0.1) is 5.10 Å². The van der Waals surface area contributed by atoms with Gasteiger partial charge in [-0.25, -0.2) is 9.48 Å². The molecule has 3 aromatic rings. The Morgan fingerprint density at radius 2 is 1.88 bits per heavy atom. The number of aromatic nitrogens is 4. The Morgan fingerprint density at radius 3 is 2.52 bits per heavy atom. The second-order valence-electron chi connectivity index (χ2n) is 5.47. The third-order valence-electron chi connectivity index (χ3n) is 3.54. The molecule has 0 aliphatic rings. The highest BCUT2D eigenvalue weighted by Crippen LogP contribution is 2.20. The minimum absolute atomic E-state index is 0.423. The third kappa shape index (κ3) is 4.00. The zero-order valence-electron chi connectivity index (χ0n) is 14.0. The van der Waals surface area contributed by atoms with Gasteiger partial charge in [-0.2, -0.15) is 0 Å². The minimum atomic E-state index is -0.423. The topological polar surface area (TPSA) is 79.1 Å². The van der Waals surface area contributed by atoms with Crippen LogP contribution in [0.1, 0.15) is 29.3 Å². The Kier molecular flexibility index (Phi) is 5.03. The van der Waals surface area contributed by atoms with Crippen LogP contribution in [0.15, 0.2) is 48.8 Å². The highest BCUT2D eigenvalue weighted by Gasteiger charge is 2.12. The lowest BCUT2D eigenvalue weighted by atomic mass is 10.1. The maximum Gasteiger partial charge on any atom is 0.343 e. The number of benzene rings is 2. The van der Waals surface area contributed by atoms with Crippen LogP contribution in [0.3, 0.4) is 0 Å². The van der Waals surface area contributed by atoms with Crippen LogP contribution >= 0.6 is 0 Å². The molecule has 0 aliphatic carbocycles. The van der Waals surface area contributed by atoms with Gasteiger partial charge in [-0.3, -0.25) is 0 Å².